The van der Waals surface area contributed by atoms with E-state index in [9.17, 15) is 0 Å². The highest BCUT2D eigenvalue weighted by Crippen LogP contribution is 2.46. The number of piperazine rings is 1. The molecular formula is C25H38N4O2. The molecule has 0 spiro atoms. The maximum Gasteiger partial charge on any atom is 0.324 e. The van der Waals surface area contributed by atoms with Gasteiger partial charge in [-0.25, -0.2) is 0 Å². The summed E-state index contributed by atoms with van der Waals surface area (Å²) < 4.78 is 5.66. The number of nitrogens with zero attached hydrogens (tertiary/aromatic N) is 4. The Labute approximate surface area is 186 Å². The van der Waals surface area contributed by atoms with E-state index in [0.29, 0.717) is 18.4 Å². The second-order valence-electron chi connectivity index (χ2n) is 10.5. The van der Waals surface area contributed by atoms with Crippen LogP contribution in [-0.2, 0) is 10.8 Å². The summed E-state index contributed by atoms with van der Waals surface area (Å²) in [7, 11) is 0. The molecule has 1 aliphatic carbocycles. The second kappa shape index (κ2) is 8.91. The number of aromatic nitrogens is 2. The molecule has 1 saturated heterocycles. The quantitative estimate of drug-likeness (QED) is 0.663. The number of unbranched alkanes of at least 4 members (excludes halogenated alkanes) is 2. The summed E-state index contributed by atoms with van der Waals surface area (Å²) in [5, 5.41) is 13.2. The van der Waals surface area contributed by atoms with Crippen LogP contribution in [0.1, 0.15) is 70.9 Å². The van der Waals surface area contributed by atoms with Gasteiger partial charge in [-0.05, 0) is 66.7 Å². The lowest BCUT2D eigenvalue weighted by atomic mass is 9.63. The fourth-order valence-electron chi connectivity index (χ4n) is 4.98. The molecule has 2 heterocycles. The Morgan fingerprint density at radius 2 is 1.65 bits per heavy atom. The first-order valence-electron chi connectivity index (χ1n) is 11.9. The molecule has 0 amide bonds. The summed E-state index contributed by atoms with van der Waals surface area (Å²) >= 11 is 0. The van der Waals surface area contributed by atoms with Gasteiger partial charge >= 0.3 is 6.01 Å². The van der Waals surface area contributed by atoms with Gasteiger partial charge in [-0.1, -0.05) is 45.0 Å². The van der Waals surface area contributed by atoms with Crippen LogP contribution in [0, 0.1) is 0 Å². The molecule has 31 heavy (non-hydrogen) atoms. The van der Waals surface area contributed by atoms with Gasteiger partial charge < -0.3 is 14.5 Å². The summed E-state index contributed by atoms with van der Waals surface area (Å²) in [5.74, 6) is 0.684. The molecule has 6 nitrogen and oxygen atoms in total. The zero-order valence-electron chi connectivity index (χ0n) is 19.7. The van der Waals surface area contributed by atoms with E-state index < -0.39 is 0 Å². The van der Waals surface area contributed by atoms with E-state index in [-0.39, 0.29) is 10.8 Å². The van der Waals surface area contributed by atoms with Gasteiger partial charge in [0, 0.05) is 38.3 Å². The van der Waals surface area contributed by atoms with Gasteiger partial charge in [-0.15, -0.1) is 0 Å². The highest BCUT2D eigenvalue weighted by Gasteiger charge is 2.37. The highest BCUT2D eigenvalue weighted by molar-refractivity contribution is 5.60. The number of aliphatic hydroxyl groups excluding tert-OH is 1. The molecule has 1 fully saturated rings. The third kappa shape index (κ3) is 4.80. The monoisotopic (exact) mass is 426 g/mol. The predicted molar refractivity (Wildman–Crippen MR) is 125 cm³/mol. The topological polar surface area (TPSA) is 65.6 Å². The molecule has 0 radical (unpaired) electrons. The van der Waals surface area contributed by atoms with E-state index in [1.807, 2.05) is 0 Å². The Balaban J connectivity index is 1.43. The van der Waals surface area contributed by atoms with Gasteiger partial charge in [0.25, 0.3) is 0 Å². The molecule has 170 valence electrons. The van der Waals surface area contributed by atoms with Crippen molar-refractivity contribution >= 4 is 6.01 Å². The first-order chi connectivity index (χ1) is 14.8. The maximum atomic E-state index is 8.91. The van der Waals surface area contributed by atoms with E-state index in [1.54, 1.807) is 0 Å². The lowest BCUT2D eigenvalue weighted by Crippen LogP contribution is -2.46. The lowest BCUT2D eigenvalue weighted by molar-refractivity contribution is 0.237. The molecule has 2 aliphatic rings. The SMILES string of the molecule is CC1(C)CCC(C)(C)c2cc(-c3noc(N4CCN(CCCCCO)CC4)n3)ccc21. The number of benzene rings is 1. The molecule has 1 aromatic carbocycles. The fourth-order valence-corrected chi connectivity index (χ4v) is 4.98. The summed E-state index contributed by atoms with van der Waals surface area (Å²) in [5.41, 5.74) is 4.29. The molecule has 4 rings (SSSR count). The Kier molecular flexibility index (Phi) is 6.40. The molecular weight excluding hydrogens is 388 g/mol. The fraction of sp³-hybridized carbons (Fsp3) is 0.680. The summed E-state index contributed by atoms with van der Waals surface area (Å²) in [6.07, 6.45) is 5.56. The first-order valence-corrected chi connectivity index (χ1v) is 11.9. The Morgan fingerprint density at radius 3 is 2.35 bits per heavy atom. The molecule has 1 aromatic heterocycles. The molecule has 0 saturated carbocycles. The van der Waals surface area contributed by atoms with Crippen LogP contribution < -0.4 is 4.90 Å². The Morgan fingerprint density at radius 1 is 0.935 bits per heavy atom. The second-order valence-corrected chi connectivity index (χ2v) is 10.5. The number of aliphatic hydroxyl groups is 1. The largest absolute Gasteiger partial charge is 0.396 e. The third-order valence-corrected chi connectivity index (χ3v) is 7.30. The lowest BCUT2D eigenvalue weighted by Gasteiger charge is -2.42. The van der Waals surface area contributed by atoms with Crippen LogP contribution in [0.4, 0.5) is 6.01 Å². The van der Waals surface area contributed by atoms with Crippen LogP contribution in [0.3, 0.4) is 0 Å². The van der Waals surface area contributed by atoms with E-state index in [0.717, 1.165) is 57.5 Å². The predicted octanol–water partition coefficient (Wildman–Crippen LogP) is 4.37. The van der Waals surface area contributed by atoms with Crippen molar-refractivity contribution in [1.29, 1.82) is 0 Å². The van der Waals surface area contributed by atoms with Crippen molar-refractivity contribution < 1.29 is 9.63 Å². The summed E-state index contributed by atoms with van der Waals surface area (Å²) in [4.78, 5) is 9.44. The number of hydrogen-bond acceptors (Lipinski definition) is 6. The van der Waals surface area contributed by atoms with Crippen LogP contribution in [0.15, 0.2) is 22.7 Å². The summed E-state index contributed by atoms with van der Waals surface area (Å²) in [6, 6.07) is 7.35. The average Bonchev–Trinajstić information content (AvgIpc) is 3.25. The van der Waals surface area contributed by atoms with E-state index in [4.69, 9.17) is 14.6 Å². The van der Waals surface area contributed by atoms with Crippen molar-refractivity contribution in [2.45, 2.75) is 70.6 Å². The first kappa shape index (κ1) is 22.3. The molecule has 1 N–H and O–H groups in total. The minimum absolute atomic E-state index is 0.168. The van der Waals surface area contributed by atoms with Crippen LogP contribution in [0.2, 0.25) is 0 Å². The molecule has 1 aliphatic heterocycles. The number of fused-ring (bicyclic) bond motifs is 1. The van der Waals surface area contributed by atoms with E-state index in [2.05, 4.69) is 60.9 Å². The van der Waals surface area contributed by atoms with Crippen LogP contribution in [0.25, 0.3) is 11.4 Å². The van der Waals surface area contributed by atoms with Crippen molar-refractivity contribution in [1.82, 2.24) is 15.0 Å². The van der Waals surface area contributed by atoms with Gasteiger partial charge in [0.05, 0.1) is 0 Å². The molecule has 2 aromatic rings. The number of anilines is 1. The standard InChI is InChI=1S/C25H38N4O2/c1-24(2)10-11-25(3,4)21-18-19(8-9-20(21)24)22-26-23(31-27-22)29-15-13-28(14-16-29)12-6-5-7-17-30/h8-9,18,30H,5-7,10-17H2,1-4H3. The van der Waals surface area contributed by atoms with Gasteiger partial charge in [0.15, 0.2) is 0 Å². The zero-order valence-corrected chi connectivity index (χ0v) is 19.7. The van der Waals surface area contributed by atoms with Crippen molar-refractivity contribution in [3.63, 3.8) is 0 Å². The Hall–Kier alpha value is -1.92. The van der Waals surface area contributed by atoms with Crippen molar-refractivity contribution in [3.8, 4) is 11.4 Å². The minimum atomic E-state index is 0.168. The summed E-state index contributed by atoms with van der Waals surface area (Å²) in [6.45, 7) is 14.6. The van der Waals surface area contributed by atoms with Gasteiger partial charge in [-0.2, -0.15) is 4.98 Å². The molecule has 0 unspecified atom stereocenters. The molecule has 6 heteroatoms. The highest BCUT2D eigenvalue weighted by atomic mass is 16.5. The molecule has 0 bridgehead atoms. The van der Waals surface area contributed by atoms with Gasteiger partial charge in [0.2, 0.25) is 5.82 Å². The minimum Gasteiger partial charge on any atom is -0.396 e. The third-order valence-electron chi connectivity index (χ3n) is 7.30. The number of hydrogen-bond donors (Lipinski definition) is 1. The van der Waals surface area contributed by atoms with Gasteiger partial charge in [-0.3, -0.25) is 4.90 Å². The van der Waals surface area contributed by atoms with Crippen molar-refractivity contribution in [2.24, 2.45) is 0 Å². The van der Waals surface area contributed by atoms with Crippen LogP contribution in [-0.4, -0.2) is 59.5 Å². The molecule has 0 atom stereocenters. The van der Waals surface area contributed by atoms with Gasteiger partial charge in [0.1, 0.15) is 0 Å². The van der Waals surface area contributed by atoms with Crippen LogP contribution in [0.5, 0.6) is 0 Å². The van der Waals surface area contributed by atoms with Crippen molar-refractivity contribution in [3.05, 3.63) is 29.3 Å². The Bertz CT molecular complexity index is 881. The van der Waals surface area contributed by atoms with Crippen molar-refractivity contribution in [2.75, 3.05) is 44.2 Å². The normalized spacial score (nSPS) is 20.6. The maximum absolute atomic E-state index is 8.91. The number of rotatable bonds is 7. The smallest absolute Gasteiger partial charge is 0.324 e. The van der Waals surface area contributed by atoms with E-state index >= 15 is 0 Å². The average molecular weight is 427 g/mol. The zero-order chi connectivity index (χ0) is 22.1. The van der Waals surface area contributed by atoms with E-state index in [1.165, 1.54) is 24.0 Å². The van der Waals surface area contributed by atoms with Crippen LogP contribution >= 0.6 is 0 Å².